The smallest absolute Gasteiger partial charge is 0.139 e. The van der Waals surface area contributed by atoms with E-state index in [2.05, 4.69) is 218 Å². The third kappa shape index (κ3) is 5.03. The molecule has 2 heteroatoms. The first kappa shape index (κ1) is 32.3. The summed E-state index contributed by atoms with van der Waals surface area (Å²) in [4.78, 5) is 2.35. The number of benzene rings is 9. The van der Waals surface area contributed by atoms with Crippen LogP contribution in [0.5, 0.6) is 0 Å². The number of hydrogen-bond donors (Lipinski definition) is 0. The Morgan fingerprint density at radius 3 is 1.61 bits per heavy atom. The van der Waals surface area contributed by atoms with Crippen molar-refractivity contribution in [2.45, 2.75) is 12.3 Å². The molecule has 56 heavy (non-hydrogen) atoms. The lowest BCUT2D eigenvalue weighted by Crippen LogP contribution is -2.22. The summed E-state index contributed by atoms with van der Waals surface area (Å²) in [6.45, 7) is 2.35. The molecular formula is C54H37NO. The molecule has 1 heterocycles. The van der Waals surface area contributed by atoms with Gasteiger partial charge in [0.1, 0.15) is 11.2 Å². The van der Waals surface area contributed by atoms with Gasteiger partial charge in [-0.05, 0) is 111 Å². The molecule has 0 N–H and O–H groups in total. The van der Waals surface area contributed by atoms with E-state index in [1.54, 1.807) is 0 Å². The molecule has 1 aliphatic carbocycles. The van der Waals surface area contributed by atoms with Crippen molar-refractivity contribution in [1.29, 1.82) is 0 Å². The maximum Gasteiger partial charge on any atom is 0.139 e. The maximum absolute atomic E-state index is 6.88. The zero-order chi connectivity index (χ0) is 37.2. The Morgan fingerprint density at radius 1 is 0.375 bits per heavy atom. The Labute approximate surface area is 326 Å². The molecule has 1 aliphatic rings. The summed E-state index contributed by atoms with van der Waals surface area (Å²) in [7, 11) is 0. The van der Waals surface area contributed by atoms with Crippen LogP contribution in [0, 0.1) is 0 Å². The summed E-state index contributed by atoms with van der Waals surface area (Å²) in [6, 6.07) is 74.6. The Bertz CT molecular complexity index is 3040. The van der Waals surface area contributed by atoms with E-state index >= 15 is 0 Å². The molecule has 0 amide bonds. The van der Waals surface area contributed by atoms with Gasteiger partial charge < -0.3 is 9.32 Å². The zero-order valence-corrected chi connectivity index (χ0v) is 31.0. The number of anilines is 3. The van der Waals surface area contributed by atoms with Crippen molar-refractivity contribution in [2.75, 3.05) is 4.90 Å². The number of rotatable bonds is 6. The molecule has 0 atom stereocenters. The molecule has 0 aliphatic heterocycles. The molecule has 0 radical (unpaired) electrons. The largest absolute Gasteiger partial charge is 0.456 e. The highest BCUT2D eigenvalue weighted by Gasteiger charge is 2.42. The molecule has 11 rings (SSSR count). The van der Waals surface area contributed by atoms with Gasteiger partial charge in [0.05, 0.1) is 0 Å². The van der Waals surface area contributed by atoms with Crippen LogP contribution in [0.2, 0.25) is 0 Å². The molecule has 1 aromatic heterocycles. The second-order valence-corrected chi connectivity index (χ2v) is 15.0. The van der Waals surface area contributed by atoms with Crippen LogP contribution in [0.3, 0.4) is 0 Å². The van der Waals surface area contributed by atoms with Crippen molar-refractivity contribution in [1.82, 2.24) is 0 Å². The van der Waals surface area contributed by atoms with Crippen molar-refractivity contribution < 1.29 is 4.42 Å². The van der Waals surface area contributed by atoms with Gasteiger partial charge in [-0.3, -0.25) is 0 Å². The zero-order valence-electron chi connectivity index (χ0n) is 31.0. The quantitative estimate of drug-likeness (QED) is 0.170. The third-order valence-corrected chi connectivity index (χ3v) is 11.9. The first-order valence-corrected chi connectivity index (χ1v) is 19.3. The van der Waals surface area contributed by atoms with Crippen LogP contribution >= 0.6 is 0 Å². The molecule has 2 nitrogen and oxygen atoms in total. The lowest BCUT2D eigenvalue weighted by Gasteiger charge is -2.28. The molecule has 0 unspecified atom stereocenters. The lowest BCUT2D eigenvalue weighted by atomic mass is 9.74. The van der Waals surface area contributed by atoms with Gasteiger partial charge in [-0.1, -0.05) is 158 Å². The third-order valence-electron chi connectivity index (χ3n) is 11.9. The normalized spacial score (nSPS) is 12.9. The fraction of sp³-hybridized carbons (Fsp3) is 0.0370. The van der Waals surface area contributed by atoms with Gasteiger partial charge in [0.2, 0.25) is 0 Å². The number of hydrogen-bond acceptors (Lipinski definition) is 2. The second kappa shape index (κ2) is 12.7. The highest BCUT2D eigenvalue weighted by molar-refractivity contribution is 6.08. The Balaban J connectivity index is 1.05. The highest BCUT2D eigenvalue weighted by atomic mass is 16.3. The molecule has 264 valence electrons. The van der Waals surface area contributed by atoms with Gasteiger partial charge >= 0.3 is 0 Å². The lowest BCUT2D eigenvalue weighted by molar-refractivity contribution is 0.638. The summed E-state index contributed by atoms with van der Waals surface area (Å²) < 4.78 is 6.88. The molecule has 9 aromatic carbocycles. The Hall–Kier alpha value is -7.16. The van der Waals surface area contributed by atoms with Gasteiger partial charge in [-0.2, -0.15) is 0 Å². The summed E-state index contributed by atoms with van der Waals surface area (Å²) in [5.41, 5.74) is 15.9. The van der Waals surface area contributed by atoms with Crippen LogP contribution in [-0.4, -0.2) is 0 Å². The predicted octanol–water partition coefficient (Wildman–Crippen LogP) is 14.9. The Kier molecular flexibility index (Phi) is 7.33. The van der Waals surface area contributed by atoms with E-state index < -0.39 is 0 Å². The standard InChI is InChI=1S/C54H37NO/c1-54(49-19-9-7-16-45(49)46-17-8-10-20-50(46)54)51-21-11-18-47-48-35-44(32-33-52(48)56-53(47)51)55(42-28-24-38(25-29-42)36-12-3-2-4-13-36)43-30-26-39(27-31-43)41-23-22-37-14-5-6-15-40(37)34-41/h2-35H,1H3. The monoisotopic (exact) mass is 715 g/mol. The number of nitrogens with zero attached hydrogens (tertiary/aromatic N) is 1. The summed E-state index contributed by atoms with van der Waals surface area (Å²) in [5, 5.41) is 4.71. The molecule has 0 saturated heterocycles. The van der Waals surface area contributed by atoms with E-state index in [0.717, 1.165) is 39.0 Å². The van der Waals surface area contributed by atoms with Gasteiger partial charge in [-0.15, -0.1) is 0 Å². The van der Waals surface area contributed by atoms with Crippen LogP contribution in [0.4, 0.5) is 17.1 Å². The van der Waals surface area contributed by atoms with Crippen LogP contribution in [0.1, 0.15) is 23.6 Å². The van der Waals surface area contributed by atoms with Crippen LogP contribution in [0.15, 0.2) is 211 Å². The number of fused-ring (bicyclic) bond motifs is 7. The minimum absolute atomic E-state index is 0.358. The summed E-state index contributed by atoms with van der Waals surface area (Å²) in [5.74, 6) is 0. The first-order chi connectivity index (χ1) is 27.6. The van der Waals surface area contributed by atoms with Crippen molar-refractivity contribution in [2.24, 2.45) is 0 Å². The van der Waals surface area contributed by atoms with Gasteiger partial charge in [0, 0.05) is 38.8 Å². The first-order valence-electron chi connectivity index (χ1n) is 19.3. The fourth-order valence-electron chi connectivity index (χ4n) is 9.12. The summed E-state index contributed by atoms with van der Waals surface area (Å²) in [6.07, 6.45) is 0. The topological polar surface area (TPSA) is 16.4 Å². The van der Waals surface area contributed by atoms with Crippen LogP contribution in [0.25, 0.3) is 66.1 Å². The van der Waals surface area contributed by atoms with E-state index in [1.807, 2.05) is 0 Å². The molecule has 0 saturated carbocycles. The Morgan fingerprint density at radius 2 is 0.911 bits per heavy atom. The van der Waals surface area contributed by atoms with E-state index in [-0.39, 0.29) is 5.41 Å². The number of para-hydroxylation sites is 1. The maximum atomic E-state index is 6.88. The summed E-state index contributed by atoms with van der Waals surface area (Å²) >= 11 is 0. The van der Waals surface area contributed by atoms with Crippen molar-refractivity contribution in [3.05, 3.63) is 223 Å². The van der Waals surface area contributed by atoms with Crippen molar-refractivity contribution in [3.8, 4) is 33.4 Å². The van der Waals surface area contributed by atoms with Crippen LogP contribution < -0.4 is 4.90 Å². The molecule has 10 aromatic rings. The molecule has 0 spiro atoms. The minimum atomic E-state index is -0.358. The van der Waals surface area contributed by atoms with Gasteiger partial charge in [0.25, 0.3) is 0 Å². The molecule has 0 fully saturated rings. The van der Waals surface area contributed by atoms with E-state index in [1.165, 1.54) is 60.8 Å². The van der Waals surface area contributed by atoms with Gasteiger partial charge in [0.15, 0.2) is 0 Å². The van der Waals surface area contributed by atoms with Crippen LogP contribution in [-0.2, 0) is 5.41 Å². The highest BCUT2D eigenvalue weighted by Crippen LogP contribution is 2.54. The molecule has 0 bridgehead atoms. The van der Waals surface area contributed by atoms with Gasteiger partial charge in [-0.25, -0.2) is 0 Å². The number of furan rings is 1. The fourth-order valence-corrected chi connectivity index (χ4v) is 9.12. The van der Waals surface area contributed by atoms with E-state index in [9.17, 15) is 0 Å². The SMILES string of the molecule is CC1(c2cccc3c2oc2ccc(N(c4ccc(-c5ccccc5)cc4)c4ccc(-c5ccc6ccccc6c5)cc4)cc23)c2ccccc2-c2ccccc21. The van der Waals surface area contributed by atoms with Crippen molar-refractivity contribution >= 4 is 49.8 Å². The second-order valence-electron chi connectivity index (χ2n) is 15.0. The van der Waals surface area contributed by atoms with E-state index in [4.69, 9.17) is 4.42 Å². The predicted molar refractivity (Wildman–Crippen MR) is 234 cm³/mol. The van der Waals surface area contributed by atoms with E-state index in [0.29, 0.717) is 0 Å². The molecular weight excluding hydrogens is 679 g/mol. The average molecular weight is 716 g/mol. The average Bonchev–Trinajstić information content (AvgIpc) is 3.77. The minimum Gasteiger partial charge on any atom is -0.456 e. The van der Waals surface area contributed by atoms with Crippen molar-refractivity contribution in [3.63, 3.8) is 0 Å².